The Morgan fingerprint density at radius 1 is 1.03 bits per heavy atom. The Morgan fingerprint density at radius 3 is 2.69 bits per heavy atom. The molecular weight excluding hydrogens is 364 g/mol. The molecule has 2 N–H and O–H groups in total. The Kier molecular flexibility index (Phi) is 5.24. The molecular formula is C23H22N4O2. The summed E-state index contributed by atoms with van der Waals surface area (Å²) in [5.74, 6) is -0.426. The van der Waals surface area contributed by atoms with E-state index in [-0.39, 0.29) is 18.2 Å². The van der Waals surface area contributed by atoms with Crippen molar-refractivity contribution in [1.82, 2.24) is 20.0 Å². The van der Waals surface area contributed by atoms with Crippen LogP contribution in [0.5, 0.6) is 0 Å². The molecule has 0 unspecified atom stereocenters. The molecule has 0 fully saturated rings. The van der Waals surface area contributed by atoms with Crippen LogP contribution in [0.2, 0.25) is 0 Å². The Hall–Kier alpha value is -3.67. The van der Waals surface area contributed by atoms with Crippen molar-refractivity contribution in [3.05, 3.63) is 84.3 Å². The van der Waals surface area contributed by atoms with Crippen molar-refractivity contribution < 1.29 is 9.59 Å². The first-order valence-electron chi connectivity index (χ1n) is 9.56. The minimum absolute atomic E-state index is 0.184. The van der Waals surface area contributed by atoms with Crippen LogP contribution in [0.25, 0.3) is 16.4 Å². The number of amides is 2. The fraction of sp³-hybridized carbons (Fsp3) is 0.174. The molecule has 0 bridgehead atoms. The average molecular weight is 386 g/mol. The maximum Gasteiger partial charge on any atom is 0.242 e. The van der Waals surface area contributed by atoms with Crippen LogP contribution in [0.3, 0.4) is 0 Å². The van der Waals surface area contributed by atoms with Gasteiger partial charge in [0, 0.05) is 12.4 Å². The second kappa shape index (κ2) is 8.14. The van der Waals surface area contributed by atoms with Crippen molar-refractivity contribution in [3.63, 3.8) is 0 Å². The van der Waals surface area contributed by atoms with Crippen LogP contribution in [0.1, 0.15) is 18.2 Å². The first kappa shape index (κ1) is 18.7. The van der Waals surface area contributed by atoms with E-state index in [9.17, 15) is 9.59 Å². The second-order valence-electron chi connectivity index (χ2n) is 7.02. The lowest BCUT2D eigenvalue weighted by Gasteiger charge is -2.14. The Bertz CT molecular complexity index is 1140. The largest absolute Gasteiger partial charge is 0.349 e. The molecule has 146 valence electrons. The van der Waals surface area contributed by atoms with Gasteiger partial charge in [0.15, 0.2) is 0 Å². The molecule has 0 aliphatic carbocycles. The molecule has 4 rings (SSSR count). The van der Waals surface area contributed by atoms with Gasteiger partial charge in [-0.1, -0.05) is 48.5 Å². The number of benzene rings is 2. The van der Waals surface area contributed by atoms with Crippen molar-refractivity contribution in [1.29, 1.82) is 0 Å². The number of nitrogens with one attached hydrogen (secondary N) is 2. The predicted molar refractivity (Wildman–Crippen MR) is 112 cm³/mol. The Balaban J connectivity index is 1.33. The van der Waals surface area contributed by atoms with E-state index in [0.717, 1.165) is 27.7 Å². The molecule has 6 nitrogen and oxygen atoms in total. The third-order valence-corrected chi connectivity index (χ3v) is 4.86. The van der Waals surface area contributed by atoms with E-state index in [2.05, 4.69) is 15.6 Å². The van der Waals surface area contributed by atoms with Crippen LogP contribution in [0.15, 0.2) is 73.1 Å². The predicted octanol–water partition coefficient (Wildman–Crippen LogP) is 2.85. The topological polar surface area (TPSA) is 75.5 Å². The molecule has 6 heteroatoms. The van der Waals surface area contributed by atoms with Gasteiger partial charge in [-0.25, -0.2) is 4.98 Å². The molecule has 0 spiro atoms. The quantitative estimate of drug-likeness (QED) is 0.535. The van der Waals surface area contributed by atoms with Crippen molar-refractivity contribution in [3.8, 4) is 0 Å². The molecule has 2 aromatic carbocycles. The number of rotatable bonds is 6. The lowest BCUT2D eigenvalue weighted by atomic mass is 10.0. The molecule has 2 amide bonds. The van der Waals surface area contributed by atoms with Crippen LogP contribution in [-0.2, 0) is 22.6 Å². The number of imidazole rings is 1. The van der Waals surface area contributed by atoms with Crippen molar-refractivity contribution >= 4 is 28.2 Å². The molecule has 4 aromatic rings. The van der Waals surface area contributed by atoms with Gasteiger partial charge in [0.05, 0.1) is 18.7 Å². The van der Waals surface area contributed by atoms with Gasteiger partial charge in [0.2, 0.25) is 11.8 Å². The number of carbonyl (C=O) groups is 2. The van der Waals surface area contributed by atoms with Gasteiger partial charge in [-0.05, 0) is 35.4 Å². The highest BCUT2D eigenvalue weighted by molar-refractivity contribution is 5.92. The highest BCUT2D eigenvalue weighted by atomic mass is 16.2. The summed E-state index contributed by atoms with van der Waals surface area (Å²) in [5, 5.41) is 7.75. The normalized spacial score (nSPS) is 12.0. The third kappa shape index (κ3) is 4.27. The molecule has 1 atom stereocenters. The lowest BCUT2D eigenvalue weighted by molar-refractivity contribution is -0.128. The van der Waals surface area contributed by atoms with Gasteiger partial charge >= 0.3 is 0 Å². The molecule has 0 saturated carbocycles. The van der Waals surface area contributed by atoms with E-state index in [1.54, 1.807) is 6.92 Å². The van der Waals surface area contributed by atoms with E-state index < -0.39 is 6.04 Å². The lowest BCUT2D eigenvalue weighted by Crippen LogP contribution is -2.45. The minimum Gasteiger partial charge on any atom is -0.349 e. The molecule has 0 saturated heterocycles. The number of fused-ring (bicyclic) bond motifs is 2. The van der Waals surface area contributed by atoms with Crippen LogP contribution >= 0.6 is 0 Å². The number of hydrogen-bond donors (Lipinski definition) is 2. The van der Waals surface area contributed by atoms with Crippen molar-refractivity contribution in [2.24, 2.45) is 0 Å². The van der Waals surface area contributed by atoms with Gasteiger partial charge in [-0.3, -0.25) is 9.59 Å². The van der Waals surface area contributed by atoms with E-state index in [0.29, 0.717) is 6.54 Å². The second-order valence-corrected chi connectivity index (χ2v) is 7.02. The summed E-state index contributed by atoms with van der Waals surface area (Å²) in [6.07, 6.45) is 4.01. The van der Waals surface area contributed by atoms with Gasteiger partial charge in [-0.2, -0.15) is 0 Å². The van der Waals surface area contributed by atoms with Gasteiger partial charge < -0.3 is 15.0 Å². The Morgan fingerprint density at radius 2 is 1.83 bits per heavy atom. The zero-order valence-corrected chi connectivity index (χ0v) is 16.1. The monoisotopic (exact) mass is 386 g/mol. The van der Waals surface area contributed by atoms with Crippen molar-refractivity contribution in [2.45, 2.75) is 25.9 Å². The van der Waals surface area contributed by atoms with Crippen molar-refractivity contribution in [2.75, 3.05) is 0 Å². The van der Waals surface area contributed by atoms with Crippen LogP contribution in [0, 0.1) is 0 Å². The summed E-state index contributed by atoms with van der Waals surface area (Å²) in [6, 6.07) is 19.0. The van der Waals surface area contributed by atoms with Gasteiger partial charge in [0.25, 0.3) is 0 Å². The van der Waals surface area contributed by atoms with Gasteiger partial charge in [0.1, 0.15) is 11.7 Å². The van der Waals surface area contributed by atoms with E-state index >= 15 is 0 Å². The number of hydrogen-bond acceptors (Lipinski definition) is 3. The van der Waals surface area contributed by atoms with E-state index in [4.69, 9.17) is 0 Å². The fourth-order valence-corrected chi connectivity index (χ4v) is 3.38. The highest BCUT2D eigenvalue weighted by Crippen LogP contribution is 2.18. The summed E-state index contributed by atoms with van der Waals surface area (Å²) in [5.41, 5.74) is 2.53. The third-order valence-electron chi connectivity index (χ3n) is 4.86. The molecule has 2 heterocycles. The van der Waals surface area contributed by atoms with Crippen LogP contribution < -0.4 is 10.6 Å². The zero-order valence-electron chi connectivity index (χ0n) is 16.1. The zero-order chi connectivity index (χ0) is 20.2. The van der Waals surface area contributed by atoms with E-state index in [1.807, 2.05) is 77.5 Å². The molecule has 2 aromatic heterocycles. The minimum atomic E-state index is -0.630. The smallest absolute Gasteiger partial charge is 0.242 e. The van der Waals surface area contributed by atoms with Gasteiger partial charge in [-0.15, -0.1) is 0 Å². The first-order chi connectivity index (χ1) is 14.1. The molecule has 0 aliphatic rings. The number of aromatic nitrogens is 2. The molecule has 29 heavy (non-hydrogen) atoms. The maximum absolute atomic E-state index is 12.5. The Labute approximate surface area is 168 Å². The number of pyridine rings is 1. The van der Waals surface area contributed by atoms with E-state index in [1.165, 1.54) is 0 Å². The molecule has 0 aliphatic heterocycles. The maximum atomic E-state index is 12.5. The molecule has 0 radical (unpaired) electrons. The summed E-state index contributed by atoms with van der Waals surface area (Å²) in [4.78, 5) is 29.3. The summed E-state index contributed by atoms with van der Waals surface area (Å²) in [7, 11) is 0. The number of carbonyl (C=O) groups excluding carboxylic acids is 2. The summed E-state index contributed by atoms with van der Waals surface area (Å²) >= 11 is 0. The van der Waals surface area contributed by atoms with Crippen LogP contribution in [0.4, 0.5) is 0 Å². The highest BCUT2D eigenvalue weighted by Gasteiger charge is 2.16. The first-order valence-corrected chi connectivity index (χ1v) is 9.56. The standard InChI is InChI=1S/C23H22N4O2/c1-16(23(29)24-14-19-15-27-12-5-4-11-21(27)26-19)25-22(28)13-18-9-6-8-17-7-2-3-10-20(17)18/h2-12,15-16H,13-14H2,1H3,(H,24,29)(H,25,28)/t16-/m1/s1. The number of nitrogens with zero attached hydrogens (tertiary/aromatic N) is 2. The fourth-order valence-electron chi connectivity index (χ4n) is 3.38. The summed E-state index contributed by atoms with van der Waals surface area (Å²) < 4.78 is 1.90. The summed E-state index contributed by atoms with van der Waals surface area (Å²) in [6.45, 7) is 1.99. The SMILES string of the molecule is C[C@@H](NC(=O)Cc1cccc2ccccc12)C(=O)NCc1cn2ccccc2n1. The van der Waals surface area contributed by atoms with Crippen LogP contribution in [-0.4, -0.2) is 27.2 Å². The average Bonchev–Trinajstić information content (AvgIpc) is 3.15.